The highest BCUT2D eigenvalue weighted by Crippen LogP contribution is 2.21. The average Bonchev–Trinajstić information content (AvgIpc) is 2.23. The van der Waals surface area contributed by atoms with E-state index in [1.807, 2.05) is 0 Å². The van der Waals surface area contributed by atoms with Crippen molar-refractivity contribution in [3.63, 3.8) is 0 Å². The molecule has 0 fully saturated rings. The molecular weight excluding hydrogens is 231 g/mol. The van der Waals surface area contributed by atoms with Crippen molar-refractivity contribution in [1.82, 2.24) is 4.90 Å². The van der Waals surface area contributed by atoms with Crippen molar-refractivity contribution in [2.24, 2.45) is 0 Å². The van der Waals surface area contributed by atoms with Gasteiger partial charge in [0.25, 0.3) is 0 Å². The normalized spacial score (nSPS) is 26.6. The molecule has 90 valence electrons. The molecule has 0 saturated heterocycles. The van der Waals surface area contributed by atoms with Crippen LogP contribution in [0.25, 0.3) is 0 Å². The van der Waals surface area contributed by atoms with Gasteiger partial charge in [0, 0.05) is 13.0 Å². The van der Waals surface area contributed by atoms with Crippen molar-refractivity contribution in [2.75, 3.05) is 0 Å². The third-order valence-electron chi connectivity index (χ3n) is 3.04. The zero-order chi connectivity index (χ0) is 11.0. The number of hydrogen-bond acceptors (Lipinski definition) is 1. The quantitative estimate of drug-likeness (QED) is 0.479. The Labute approximate surface area is 105 Å². The summed E-state index contributed by atoms with van der Waals surface area (Å²) in [5.74, 6) is 0. The summed E-state index contributed by atoms with van der Waals surface area (Å²) in [7, 11) is 0. The maximum atomic E-state index is 6.47. The molecule has 1 aliphatic rings. The van der Waals surface area contributed by atoms with E-state index < -0.39 is 0 Å². The van der Waals surface area contributed by atoms with Gasteiger partial charge >= 0.3 is 0 Å². The van der Waals surface area contributed by atoms with Crippen LogP contribution in [0.1, 0.15) is 41.5 Å². The summed E-state index contributed by atoms with van der Waals surface area (Å²) in [5.41, 5.74) is 2.78. The molecule has 4 heteroatoms. The first-order chi connectivity index (χ1) is 6.37. The van der Waals surface area contributed by atoms with Crippen molar-refractivity contribution in [3.8, 4) is 0 Å². The highest BCUT2D eigenvalue weighted by atomic mass is 35.5. The second kappa shape index (κ2) is 5.42. The van der Waals surface area contributed by atoms with Gasteiger partial charge in [0.15, 0.2) is 0 Å². The summed E-state index contributed by atoms with van der Waals surface area (Å²) in [5, 5.41) is 0. The van der Waals surface area contributed by atoms with Gasteiger partial charge in [0.2, 0.25) is 5.62 Å². The number of quaternary nitrogens is 1. The minimum Gasteiger partial charge on any atom is -1.00 e. The number of hydrogen-bond donors (Lipinski definition) is 1. The van der Waals surface area contributed by atoms with Gasteiger partial charge in [-0.25, -0.2) is 0 Å². The molecule has 0 bridgehead atoms. The number of allylic oxidation sites excluding steroid dienone is 2. The topological polar surface area (TPSA) is 7.68 Å². The summed E-state index contributed by atoms with van der Waals surface area (Å²) in [6.07, 6.45) is 0. The second-order valence-corrected chi connectivity index (χ2v) is 5.07. The highest BCUT2D eigenvalue weighted by molar-refractivity contribution is 6.19. The second-order valence-electron chi connectivity index (χ2n) is 4.66. The molecule has 1 aliphatic heterocycles. The third kappa shape index (κ3) is 2.61. The number of nitrogens with one attached hydrogen (secondary N) is 1. The van der Waals surface area contributed by atoms with Gasteiger partial charge in [0.05, 0.1) is 11.7 Å². The maximum absolute atomic E-state index is 6.47. The summed E-state index contributed by atoms with van der Waals surface area (Å²) in [6.45, 7) is 13.2. The summed E-state index contributed by atoms with van der Waals surface area (Å²) >= 11 is 6.47. The molecule has 15 heavy (non-hydrogen) atoms. The first-order valence-corrected chi connectivity index (χ1v) is 5.78. The number of rotatable bonds is 2. The van der Waals surface area contributed by atoms with Crippen LogP contribution in [0.2, 0.25) is 0 Å². The lowest BCUT2D eigenvalue weighted by atomic mass is 10.3. The molecular formula is C11H22Cl2N2. The average molecular weight is 253 g/mol. The van der Waals surface area contributed by atoms with E-state index in [1.54, 1.807) is 0 Å². The highest BCUT2D eigenvalue weighted by Gasteiger charge is 2.40. The molecule has 0 aromatic rings. The first-order valence-electron chi connectivity index (χ1n) is 5.34. The van der Waals surface area contributed by atoms with Crippen molar-refractivity contribution in [1.29, 1.82) is 0 Å². The van der Waals surface area contributed by atoms with Crippen LogP contribution in [0.15, 0.2) is 11.4 Å². The summed E-state index contributed by atoms with van der Waals surface area (Å²) in [4.78, 5) is 3.68. The zero-order valence-corrected chi connectivity index (χ0v) is 11.9. The Bertz CT molecular complexity index is 225. The van der Waals surface area contributed by atoms with Crippen molar-refractivity contribution >= 4 is 11.6 Å². The molecule has 0 saturated carbocycles. The molecule has 2 nitrogen and oxygen atoms in total. The molecule has 0 spiro atoms. The zero-order valence-electron chi connectivity index (χ0n) is 10.4. The molecule has 0 radical (unpaired) electrons. The van der Waals surface area contributed by atoms with Crippen molar-refractivity contribution in [2.45, 2.75) is 59.3 Å². The Morgan fingerprint density at radius 1 is 1.20 bits per heavy atom. The van der Waals surface area contributed by atoms with E-state index in [2.05, 4.69) is 46.4 Å². The number of halogens is 2. The van der Waals surface area contributed by atoms with Gasteiger partial charge in [-0.3, -0.25) is 4.90 Å². The van der Waals surface area contributed by atoms with Crippen LogP contribution in [-0.2, 0) is 0 Å². The molecule has 0 aromatic heterocycles. The fourth-order valence-corrected chi connectivity index (χ4v) is 3.05. The van der Waals surface area contributed by atoms with Crippen LogP contribution < -0.4 is 17.3 Å². The molecule has 2 atom stereocenters. The van der Waals surface area contributed by atoms with Gasteiger partial charge in [0.1, 0.15) is 5.70 Å². The smallest absolute Gasteiger partial charge is 0.246 e. The van der Waals surface area contributed by atoms with Gasteiger partial charge in [-0.05, 0) is 46.2 Å². The van der Waals surface area contributed by atoms with Crippen LogP contribution in [-0.4, -0.2) is 22.6 Å². The minimum absolute atomic E-state index is 0. The monoisotopic (exact) mass is 252 g/mol. The van der Waals surface area contributed by atoms with E-state index >= 15 is 0 Å². The third-order valence-corrected chi connectivity index (χ3v) is 3.49. The van der Waals surface area contributed by atoms with E-state index in [-0.39, 0.29) is 18.0 Å². The largest absolute Gasteiger partial charge is 1.00 e. The first kappa shape index (κ1) is 15.1. The molecule has 1 heterocycles. The molecule has 0 aromatic carbocycles. The molecule has 0 aliphatic carbocycles. The van der Waals surface area contributed by atoms with E-state index in [0.717, 1.165) is 0 Å². The molecule has 2 unspecified atom stereocenters. The minimum atomic E-state index is 0. The fraction of sp³-hybridized carbons (Fsp3) is 0.818. The summed E-state index contributed by atoms with van der Waals surface area (Å²) < 4.78 is 0. The van der Waals surface area contributed by atoms with E-state index in [4.69, 9.17) is 11.6 Å². The fourth-order valence-electron chi connectivity index (χ4n) is 2.26. The lowest BCUT2D eigenvalue weighted by molar-refractivity contribution is -0.897. The molecule has 1 rings (SSSR count). The predicted octanol–water partition coefficient (Wildman–Crippen LogP) is -1.22. The van der Waals surface area contributed by atoms with E-state index in [9.17, 15) is 0 Å². The Kier molecular flexibility index (Phi) is 5.45. The van der Waals surface area contributed by atoms with Gasteiger partial charge in [-0.15, -0.1) is 0 Å². The van der Waals surface area contributed by atoms with Crippen molar-refractivity contribution in [3.05, 3.63) is 11.4 Å². The Morgan fingerprint density at radius 2 is 1.67 bits per heavy atom. The van der Waals surface area contributed by atoms with Gasteiger partial charge < -0.3 is 17.3 Å². The van der Waals surface area contributed by atoms with E-state index in [0.29, 0.717) is 12.1 Å². The predicted molar refractivity (Wildman–Crippen MR) is 61.1 cm³/mol. The van der Waals surface area contributed by atoms with Gasteiger partial charge in [-0.1, -0.05) is 0 Å². The van der Waals surface area contributed by atoms with Crippen LogP contribution in [0.3, 0.4) is 0 Å². The number of nitrogens with zero attached hydrogens (tertiary/aromatic N) is 1. The van der Waals surface area contributed by atoms with Crippen LogP contribution >= 0.6 is 11.6 Å². The summed E-state index contributed by atoms with van der Waals surface area (Å²) in [6, 6.07) is 1.01. The van der Waals surface area contributed by atoms with Crippen LogP contribution in [0.4, 0.5) is 0 Å². The lowest BCUT2D eigenvalue weighted by Gasteiger charge is -2.30. The number of alkyl halides is 1. The van der Waals surface area contributed by atoms with Gasteiger partial charge in [-0.2, -0.15) is 0 Å². The lowest BCUT2D eigenvalue weighted by Crippen LogP contribution is -3.15. The van der Waals surface area contributed by atoms with Crippen molar-refractivity contribution < 1.29 is 17.3 Å². The Morgan fingerprint density at radius 3 is 1.87 bits per heavy atom. The Balaban J connectivity index is 0.00000196. The standard InChI is InChI=1S/C11H21ClN2.ClH/c1-7(2)13-9(5)10(6)14(8(3)4)11(13)12;/h7-8,11H,1-6H3;1H. The molecule has 1 N–H and O–H groups in total. The van der Waals surface area contributed by atoms with Crippen LogP contribution in [0, 0.1) is 0 Å². The SMILES string of the molecule is CC1=C(C)[NH+](C(C)C)C(Cl)N1C(C)C.[Cl-]. The maximum Gasteiger partial charge on any atom is 0.246 e. The van der Waals surface area contributed by atoms with Crippen LogP contribution in [0.5, 0.6) is 0 Å². The Hall–Kier alpha value is 0.0800. The molecule has 0 amide bonds. The van der Waals surface area contributed by atoms with E-state index in [1.165, 1.54) is 16.3 Å².